The van der Waals surface area contributed by atoms with Crippen LogP contribution in [0.15, 0.2) is 72.0 Å². The van der Waals surface area contributed by atoms with E-state index in [2.05, 4.69) is 0 Å². The molecule has 5 nitrogen and oxygen atoms in total. The summed E-state index contributed by atoms with van der Waals surface area (Å²) in [7, 11) is 3.83. The number of aliphatic hydroxyl groups excluding tert-OH is 1. The topological polar surface area (TPSA) is 60.9 Å². The molecule has 1 N–H and O–H groups in total. The Morgan fingerprint density at radius 1 is 1.13 bits per heavy atom. The van der Waals surface area contributed by atoms with E-state index < -0.39 is 29.3 Å². The van der Waals surface area contributed by atoms with Crippen LogP contribution in [0.4, 0.5) is 4.39 Å². The summed E-state index contributed by atoms with van der Waals surface area (Å²) in [6.45, 7) is 1.00. The van der Waals surface area contributed by atoms with Crippen molar-refractivity contribution in [3.63, 3.8) is 0 Å². The van der Waals surface area contributed by atoms with Gasteiger partial charge in [0.1, 0.15) is 5.82 Å². The standard InChI is InChI=1S/C24H25FN2O3/c1-26(2)15-8-16-27-22(18-11-6-7-12-19(18)25)21(23(29)24(27)30)20(28)14-13-17-9-4-3-5-10-17/h3-7,9-14,22,29H,8,15-16H2,1-2H3. The van der Waals surface area contributed by atoms with E-state index in [1.807, 2.05) is 49.3 Å². The number of aliphatic hydroxyl groups is 1. The van der Waals surface area contributed by atoms with Gasteiger partial charge in [0.05, 0.1) is 11.6 Å². The van der Waals surface area contributed by atoms with Crippen LogP contribution in [0.2, 0.25) is 0 Å². The summed E-state index contributed by atoms with van der Waals surface area (Å²) in [5.41, 5.74) is 0.902. The van der Waals surface area contributed by atoms with E-state index in [9.17, 15) is 19.1 Å². The van der Waals surface area contributed by atoms with E-state index in [-0.39, 0.29) is 11.1 Å². The number of hydrogen-bond acceptors (Lipinski definition) is 4. The van der Waals surface area contributed by atoms with E-state index in [1.54, 1.807) is 24.3 Å². The number of nitrogens with zero attached hydrogens (tertiary/aromatic N) is 2. The maximum Gasteiger partial charge on any atom is 0.290 e. The van der Waals surface area contributed by atoms with Gasteiger partial charge in [-0.05, 0) is 44.8 Å². The van der Waals surface area contributed by atoms with Gasteiger partial charge in [-0.2, -0.15) is 0 Å². The zero-order valence-electron chi connectivity index (χ0n) is 17.1. The van der Waals surface area contributed by atoms with Gasteiger partial charge in [-0.3, -0.25) is 9.59 Å². The number of hydrogen-bond donors (Lipinski definition) is 1. The first-order valence-electron chi connectivity index (χ1n) is 9.81. The molecule has 0 saturated carbocycles. The number of carbonyl (C=O) groups excluding carboxylic acids is 2. The molecule has 0 fully saturated rings. The molecule has 2 aromatic rings. The lowest BCUT2D eigenvalue weighted by Crippen LogP contribution is -2.33. The Morgan fingerprint density at radius 3 is 2.47 bits per heavy atom. The largest absolute Gasteiger partial charge is 0.503 e. The van der Waals surface area contributed by atoms with E-state index >= 15 is 0 Å². The molecule has 1 heterocycles. The van der Waals surface area contributed by atoms with Gasteiger partial charge < -0.3 is 14.9 Å². The Kier molecular flexibility index (Phi) is 6.79. The highest BCUT2D eigenvalue weighted by Crippen LogP contribution is 2.39. The lowest BCUT2D eigenvalue weighted by atomic mass is 9.95. The van der Waals surface area contributed by atoms with E-state index in [0.29, 0.717) is 19.5 Å². The van der Waals surface area contributed by atoms with Crippen molar-refractivity contribution >= 4 is 17.8 Å². The maximum absolute atomic E-state index is 14.6. The Labute approximate surface area is 175 Å². The van der Waals surface area contributed by atoms with Crippen LogP contribution in [-0.2, 0) is 9.59 Å². The van der Waals surface area contributed by atoms with Crippen LogP contribution in [0.5, 0.6) is 0 Å². The second-order valence-electron chi connectivity index (χ2n) is 7.45. The zero-order valence-corrected chi connectivity index (χ0v) is 17.1. The molecule has 0 radical (unpaired) electrons. The van der Waals surface area contributed by atoms with E-state index in [0.717, 1.165) is 5.56 Å². The highest BCUT2D eigenvalue weighted by molar-refractivity contribution is 6.14. The first-order chi connectivity index (χ1) is 14.4. The van der Waals surface area contributed by atoms with Crippen molar-refractivity contribution in [2.24, 2.45) is 0 Å². The van der Waals surface area contributed by atoms with Crippen molar-refractivity contribution in [3.05, 3.63) is 88.9 Å². The normalized spacial score (nSPS) is 16.9. The Bertz CT molecular complexity index is 983. The van der Waals surface area contributed by atoms with Crippen molar-refractivity contribution in [2.75, 3.05) is 27.2 Å². The summed E-state index contributed by atoms with van der Waals surface area (Å²) in [4.78, 5) is 29.1. The van der Waals surface area contributed by atoms with Crippen LogP contribution in [0, 0.1) is 5.82 Å². The predicted octanol–water partition coefficient (Wildman–Crippen LogP) is 3.76. The number of allylic oxidation sites excluding steroid dienone is 1. The highest BCUT2D eigenvalue weighted by Gasteiger charge is 2.43. The smallest absolute Gasteiger partial charge is 0.290 e. The van der Waals surface area contributed by atoms with Gasteiger partial charge in [0.15, 0.2) is 11.5 Å². The Balaban J connectivity index is 1.96. The Hall–Kier alpha value is -3.25. The lowest BCUT2D eigenvalue weighted by molar-refractivity contribution is -0.129. The van der Waals surface area contributed by atoms with Crippen LogP contribution in [0.3, 0.4) is 0 Å². The molecule has 2 aromatic carbocycles. The van der Waals surface area contributed by atoms with Crippen LogP contribution < -0.4 is 0 Å². The monoisotopic (exact) mass is 408 g/mol. The van der Waals surface area contributed by atoms with Crippen molar-refractivity contribution in [3.8, 4) is 0 Å². The van der Waals surface area contributed by atoms with E-state index in [4.69, 9.17) is 0 Å². The van der Waals surface area contributed by atoms with Crippen LogP contribution in [0.1, 0.15) is 23.6 Å². The van der Waals surface area contributed by atoms with Gasteiger partial charge in [-0.25, -0.2) is 4.39 Å². The highest BCUT2D eigenvalue weighted by atomic mass is 19.1. The Morgan fingerprint density at radius 2 is 1.80 bits per heavy atom. The number of halogens is 1. The molecule has 30 heavy (non-hydrogen) atoms. The lowest BCUT2D eigenvalue weighted by Gasteiger charge is -2.27. The van der Waals surface area contributed by atoms with Crippen molar-refractivity contribution in [1.29, 1.82) is 0 Å². The van der Waals surface area contributed by atoms with Crippen molar-refractivity contribution < 1.29 is 19.1 Å². The average molecular weight is 408 g/mol. The second-order valence-corrected chi connectivity index (χ2v) is 7.45. The van der Waals surface area contributed by atoms with Crippen LogP contribution >= 0.6 is 0 Å². The summed E-state index contributed by atoms with van der Waals surface area (Å²) in [5, 5.41) is 10.5. The van der Waals surface area contributed by atoms with Crippen molar-refractivity contribution in [1.82, 2.24) is 9.80 Å². The summed E-state index contributed by atoms with van der Waals surface area (Å²) >= 11 is 0. The van der Waals surface area contributed by atoms with Crippen molar-refractivity contribution in [2.45, 2.75) is 12.5 Å². The third-order valence-electron chi connectivity index (χ3n) is 5.00. The molecule has 0 saturated heterocycles. The fourth-order valence-corrected chi connectivity index (χ4v) is 3.54. The summed E-state index contributed by atoms with van der Waals surface area (Å²) in [6, 6.07) is 14.3. The first-order valence-corrected chi connectivity index (χ1v) is 9.81. The minimum Gasteiger partial charge on any atom is -0.503 e. The third-order valence-corrected chi connectivity index (χ3v) is 5.00. The fraction of sp³-hybridized carbons (Fsp3) is 0.250. The molecule has 156 valence electrons. The average Bonchev–Trinajstić information content (AvgIpc) is 2.98. The quantitative estimate of drug-likeness (QED) is 0.676. The molecule has 1 amide bonds. The predicted molar refractivity (Wildman–Crippen MR) is 114 cm³/mol. The van der Waals surface area contributed by atoms with Crippen LogP contribution in [0.25, 0.3) is 6.08 Å². The third kappa shape index (κ3) is 4.66. The molecule has 1 aliphatic heterocycles. The van der Waals surface area contributed by atoms with Gasteiger partial charge in [0.25, 0.3) is 5.91 Å². The number of ketones is 1. The molecule has 0 aromatic heterocycles. The van der Waals surface area contributed by atoms with Crippen LogP contribution in [-0.4, -0.2) is 53.8 Å². The second kappa shape index (κ2) is 9.50. The number of benzene rings is 2. The molecule has 6 heteroatoms. The molecule has 1 aliphatic rings. The number of amides is 1. The number of carbonyl (C=O) groups is 2. The molecule has 1 atom stereocenters. The minimum atomic E-state index is -0.964. The SMILES string of the molecule is CN(C)CCCN1C(=O)C(O)=C(C(=O)C=Cc2ccccc2)C1c1ccccc1F. The molecule has 0 aliphatic carbocycles. The summed E-state index contributed by atoms with van der Waals surface area (Å²) < 4.78 is 14.6. The summed E-state index contributed by atoms with van der Waals surface area (Å²) in [6.07, 6.45) is 3.55. The first kappa shape index (κ1) is 21.5. The minimum absolute atomic E-state index is 0.0952. The number of rotatable bonds is 8. The molecule has 0 bridgehead atoms. The van der Waals surface area contributed by atoms with Gasteiger partial charge in [-0.15, -0.1) is 0 Å². The van der Waals surface area contributed by atoms with E-state index in [1.165, 1.54) is 17.0 Å². The molecule has 3 rings (SSSR count). The fourth-order valence-electron chi connectivity index (χ4n) is 3.54. The van der Waals surface area contributed by atoms with Gasteiger partial charge in [0.2, 0.25) is 0 Å². The van der Waals surface area contributed by atoms with Gasteiger partial charge in [-0.1, -0.05) is 54.6 Å². The van der Waals surface area contributed by atoms with Gasteiger partial charge in [0, 0.05) is 12.1 Å². The molecule has 1 unspecified atom stereocenters. The summed E-state index contributed by atoms with van der Waals surface area (Å²) in [5.74, 6) is -2.32. The zero-order chi connectivity index (χ0) is 21.7. The van der Waals surface area contributed by atoms with Gasteiger partial charge >= 0.3 is 0 Å². The molecular formula is C24H25FN2O3. The molecular weight excluding hydrogens is 383 g/mol. The maximum atomic E-state index is 14.6. The molecule has 0 spiro atoms.